The Kier molecular flexibility index (Phi) is 0.815. The Morgan fingerprint density at radius 1 is 1.62 bits per heavy atom. The molecule has 2 rings (SSSR count). The van der Waals surface area contributed by atoms with Crippen LogP contribution < -0.4 is 0 Å². The van der Waals surface area contributed by atoms with E-state index in [1.807, 2.05) is 0 Å². The summed E-state index contributed by atoms with van der Waals surface area (Å²) in [6.45, 7) is 0.699. The fourth-order valence-corrected chi connectivity index (χ4v) is 1.04. The maximum atomic E-state index is 5.24. The second kappa shape index (κ2) is 1.49. The largest absolute Gasteiger partial charge is 0.467 e. The van der Waals surface area contributed by atoms with Crippen LogP contribution in [0.5, 0.6) is 0 Å². The highest BCUT2D eigenvalue weighted by Crippen LogP contribution is 2.24. The molecule has 1 saturated heterocycles. The molecular formula is C6H8O2. The molecule has 0 aromatic carbocycles. The van der Waals surface area contributed by atoms with E-state index in [9.17, 15) is 0 Å². The summed E-state index contributed by atoms with van der Waals surface area (Å²) in [6.07, 6.45) is 4.35. The standard InChI is InChI=1S/C6H8O2/c1-2-5-4-7-6(3-1)8-5/h2,6H,1,3-4H2. The van der Waals surface area contributed by atoms with Crippen LogP contribution in [0.25, 0.3) is 0 Å². The quantitative estimate of drug-likeness (QED) is 0.466. The normalized spacial score (nSPS) is 34.0. The Hall–Kier alpha value is -0.500. The van der Waals surface area contributed by atoms with Crippen molar-refractivity contribution in [2.45, 2.75) is 19.1 Å². The zero-order chi connectivity index (χ0) is 5.40. The molecule has 2 heterocycles. The number of fused-ring (bicyclic) bond motifs is 2. The number of allylic oxidation sites excluding steroid dienone is 1. The first kappa shape index (κ1) is 4.39. The molecule has 8 heavy (non-hydrogen) atoms. The maximum absolute atomic E-state index is 5.24. The molecule has 0 aromatic heterocycles. The van der Waals surface area contributed by atoms with Gasteiger partial charge >= 0.3 is 0 Å². The van der Waals surface area contributed by atoms with Gasteiger partial charge in [-0.15, -0.1) is 0 Å². The molecule has 0 spiro atoms. The minimum atomic E-state index is 0.0926. The third kappa shape index (κ3) is 0.530. The van der Waals surface area contributed by atoms with Crippen molar-refractivity contribution < 1.29 is 9.47 Å². The SMILES string of the molecule is C1=C2COC(CC1)O2. The fourth-order valence-electron chi connectivity index (χ4n) is 1.04. The zero-order valence-electron chi connectivity index (χ0n) is 4.59. The van der Waals surface area contributed by atoms with Gasteiger partial charge in [0.2, 0.25) is 0 Å². The molecule has 1 atom stereocenters. The van der Waals surface area contributed by atoms with Gasteiger partial charge in [-0.05, 0) is 12.5 Å². The Morgan fingerprint density at radius 2 is 2.62 bits per heavy atom. The van der Waals surface area contributed by atoms with E-state index >= 15 is 0 Å². The van der Waals surface area contributed by atoms with Gasteiger partial charge in [0, 0.05) is 6.42 Å². The molecule has 1 unspecified atom stereocenters. The summed E-state index contributed by atoms with van der Waals surface area (Å²) in [4.78, 5) is 0. The van der Waals surface area contributed by atoms with E-state index in [0.717, 1.165) is 18.6 Å². The fraction of sp³-hybridized carbons (Fsp3) is 0.667. The molecule has 0 saturated carbocycles. The summed E-state index contributed by atoms with van der Waals surface area (Å²) in [5, 5.41) is 0. The molecule has 0 radical (unpaired) electrons. The lowest BCUT2D eigenvalue weighted by molar-refractivity contribution is -0.0406. The highest BCUT2D eigenvalue weighted by Gasteiger charge is 2.23. The van der Waals surface area contributed by atoms with Crippen molar-refractivity contribution in [3.8, 4) is 0 Å². The zero-order valence-corrected chi connectivity index (χ0v) is 4.59. The summed E-state index contributed by atoms with van der Waals surface area (Å²) in [7, 11) is 0. The third-order valence-corrected chi connectivity index (χ3v) is 1.47. The molecule has 0 amide bonds. The van der Waals surface area contributed by atoms with Gasteiger partial charge in [-0.1, -0.05) is 0 Å². The molecule has 2 bridgehead atoms. The topological polar surface area (TPSA) is 18.5 Å². The molecule has 1 fully saturated rings. The monoisotopic (exact) mass is 112 g/mol. The molecule has 44 valence electrons. The summed E-state index contributed by atoms with van der Waals surface area (Å²) in [5.41, 5.74) is 0. The predicted molar refractivity (Wildman–Crippen MR) is 28.1 cm³/mol. The molecule has 2 aliphatic heterocycles. The van der Waals surface area contributed by atoms with E-state index in [1.165, 1.54) is 0 Å². The van der Waals surface area contributed by atoms with Crippen molar-refractivity contribution in [3.05, 3.63) is 11.8 Å². The number of hydrogen-bond donors (Lipinski definition) is 0. The van der Waals surface area contributed by atoms with Gasteiger partial charge in [0.1, 0.15) is 12.4 Å². The van der Waals surface area contributed by atoms with Crippen LogP contribution in [0.3, 0.4) is 0 Å². The van der Waals surface area contributed by atoms with Gasteiger partial charge in [0.05, 0.1) is 0 Å². The lowest BCUT2D eigenvalue weighted by atomic mass is 10.2. The molecule has 2 nitrogen and oxygen atoms in total. The van der Waals surface area contributed by atoms with Crippen LogP contribution >= 0.6 is 0 Å². The average Bonchev–Trinajstić information content (AvgIpc) is 2.12. The van der Waals surface area contributed by atoms with E-state index in [1.54, 1.807) is 0 Å². The van der Waals surface area contributed by atoms with Gasteiger partial charge in [-0.3, -0.25) is 0 Å². The second-order valence-electron chi connectivity index (χ2n) is 2.11. The molecular weight excluding hydrogens is 104 g/mol. The molecule has 2 aliphatic rings. The molecule has 0 aromatic rings. The van der Waals surface area contributed by atoms with Crippen LogP contribution in [0, 0.1) is 0 Å². The van der Waals surface area contributed by atoms with E-state index in [-0.39, 0.29) is 6.29 Å². The average molecular weight is 112 g/mol. The minimum Gasteiger partial charge on any atom is -0.467 e. The minimum absolute atomic E-state index is 0.0926. The van der Waals surface area contributed by atoms with Crippen LogP contribution in [-0.4, -0.2) is 12.9 Å². The van der Waals surface area contributed by atoms with E-state index in [0.29, 0.717) is 6.61 Å². The van der Waals surface area contributed by atoms with Gasteiger partial charge < -0.3 is 9.47 Å². The van der Waals surface area contributed by atoms with Crippen molar-refractivity contribution >= 4 is 0 Å². The first-order valence-electron chi connectivity index (χ1n) is 2.92. The van der Waals surface area contributed by atoms with Crippen LogP contribution in [0.15, 0.2) is 11.8 Å². The van der Waals surface area contributed by atoms with Crippen molar-refractivity contribution in [1.82, 2.24) is 0 Å². The maximum Gasteiger partial charge on any atom is 0.200 e. The van der Waals surface area contributed by atoms with E-state index < -0.39 is 0 Å². The highest BCUT2D eigenvalue weighted by molar-refractivity contribution is 5.00. The van der Waals surface area contributed by atoms with Gasteiger partial charge in [0.25, 0.3) is 0 Å². The second-order valence-corrected chi connectivity index (χ2v) is 2.11. The van der Waals surface area contributed by atoms with Crippen molar-refractivity contribution in [2.24, 2.45) is 0 Å². The Bertz CT molecular complexity index is 126. The highest BCUT2D eigenvalue weighted by atomic mass is 16.7. The van der Waals surface area contributed by atoms with Gasteiger partial charge in [-0.2, -0.15) is 0 Å². The van der Waals surface area contributed by atoms with Crippen molar-refractivity contribution in [2.75, 3.05) is 6.61 Å². The van der Waals surface area contributed by atoms with Gasteiger partial charge in [-0.25, -0.2) is 0 Å². The van der Waals surface area contributed by atoms with Crippen LogP contribution in [0.4, 0.5) is 0 Å². The Morgan fingerprint density at radius 3 is 3.38 bits per heavy atom. The number of ether oxygens (including phenoxy) is 2. The Balaban J connectivity index is 2.22. The smallest absolute Gasteiger partial charge is 0.200 e. The van der Waals surface area contributed by atoms with Crippen molar-refractivity contribution in [1.29, 1.82) is 0 Å². The summed E-state index contributed by atoms with van der Waals surface area (Å²) >= 11 is 0. The first-order chi connectivity index (χ1) is 3.95. The Labute approximate surface area is 48.1 Å². The van der Waals surface area contributed by atoms with Gasteiger partial charge in [0.15, 0.2) is 6.29 Å². The lowest BCUT2D eigenvalue weighted by Crippen LogP contribution is -2.07. The summed E-state index contributed by atoms with van der Waals surface area (Å²) < 4.78 is 10.4. The molecule has 0 aliphatic carbocycles. The van der Waals surface area contributed by atoms with Crippen LogP contribution in [0.1, 0.15) is 12.8 Å². The van der Waals surface area contributed by atoms with Crippen LogP contribution in [-0.2, 0) is 9.47 Å². The molecule has 0 N–H and O–H groups in total. The number of hydrogen-bond acceptors (Lipinski definition) is 2. The first-order valence-corrected chi connectivity index (χ1v) is 2.92. The summed E-state index contributed by atoms with van der Waals surface area (Å²) in [5.74, 6) is 1.03. The summed E-state index contributed by atoms with van der Waals surface area (Å²) in [6, 6.07) is 0. The van der Waals surface area contributed by atoms with E-state index in [2.05, 4.69) is 6.08 Å². The van der Waals surface area contributed by atoms with E-state index in [4.69, 9.17) is 9.47 Å². The third-order valence-electron chi connectivity index (χ3n) is 1.47. The van der Waals surface area contributed by atoms with Crippen LogP contribution in [0.2, 0.25) is 0 Å². The van der Waals surface area contributed by atoms with Crippen molar-refractivity contribution in [3.63, 3.8) is 0 Å². The predicted octanol–water partition coefficient (Wildman–Crippen LogP) is 1.04. The molecule has 2 heteroatoms. The lowest BCUT2D eigenvalue weighted by Gasteiger charge is -2.10. The number of rotatable bonds is 0.